The second-order valence-corrected chi connectivity index (χ2v) is 9.90. The standard InChI is InChI=1S/C20H27ClN2O5S/c21-17-10-9-15(13-18(17)29(26,27)23-11-5-6-12-23)20(25)28-14-19(24)22-16-7-3-1-2-4-8-16/h9-10,13,16H,1-8,11-12,14H2,(H,22,24). The maximum atomic E-state index is 12.8. The van der Waals surface area contributed by atoms with Gasteiger partial charge in [-0.05, 0) is 43.9 Å². The van der Waals surface area contributed by atoms with E-state index in [0.717, 1.165) is 38.5 Å². The number of ether oxygens (including phenoxy) is 1. The number of carbonyl (C=O) groups is 2. The van der Waals surface area contributed by atoms with Gasteiger partial charge < -0.3 is 10.1 Å². The van der Waals surface area contributed by atoms with Crippen molar-refractivity contribution < 1.29 is 22.7 Å². The van der Waals surface area contributed by atoms with Crippen LogP contribution in [0.5, 0.6) is 0 Å². The minimum Gasteiger partial charge on any atom is -0.452 e. The number of nitrogens with one attached hydrogen (secondary N) is 1. The first-order valence-corrected chi connectivity index (χ1v) is 12.0. The molecule has 0 spiro atoms. The fourth-order valence-corrected chi connectivity index (χ4v) is 5.82. The van der Waals surface area contributed by atoms with Crippen LogP contribution in [0.2, 0.25) is 5.02 Å². The Hall–Kier alpha value is -1.64. The molecule has 0 unspecified atom stereocenters. The normalized spacial score (nSPS) is 18.9. The molecule has 9 heteroatoms. The minimum atomic E-state index is -3.76. The number of halogens is 1. The van der Waals surface area contributed by atoms with Gasteiger partial charge in [0.25, 0.3) is 5.91 Å². The van der Waals surface area contributed by atoms with Crippen molar-refractivity contribution in [1.82, 2.24) is 9.62 Å². The highest BCUT2D eigenvalue weighted by atomic mass is 35.5. The lowest BCUT2D eigenvalue weighted by Gasteiger charge is -2.17. The maximum absolute atomic E-state index is 12.8. The van der Waals surface area contributed by atoms with Gasteiger partial charge in [-0.2, -0.15) is 4.31 Å². The molecule has 1 amide bonds. The first-order valence-electron chi connectivity index (χ1n) is 10.1. The Labute approximate surface area is 176 Å². The molecule has 0 aromatic heterocycles. The lowest BCUT2D eigenvalue weighted by Crippen LogP contribution is -2.37. The molecule has 1 N–H and O–H groups in total. The monoisotopic (exact) mass is 442 g/mol. The average Bonchev–Trinajstić information content (AvgIpc) is 3.13. The summed E-state index contributed by atoms with van der Waals surface area (Å²) in [6.45, 7) is 0.482. The van der Waals surface area contributed by atoms with Gasteiger partial charge in [0.15, 0.2) is 6.61 Å². The van der Waals surface area contributed by atoms with Crippen LogP contribution >= 0.6 is 11.6 Å². The first-order chi connectivity index (χ1) is 13.9. The molecule has 0 radical (unpaired) electrons. The van der Waals surface area contributed by atoms with Crippen molar-refractivity contribution in [2.45, 2.75) is 62.3 Å². The van der Waals surface area contributed by atoms with E-state index in [4.69, 9.17) is 16.3 Å². The number of nitrogens with zero attached hydrogens (tertiary/aromatic N) is 1. The van der Waals surface area contributed by atoms with Gasteiger partial charge in [-0.25, -0.2) is 13.2 Å². The van der Waals surface area contributed by atoms with Gasteiger partial charge in [0.1, 0.15) is 4.90 Å². The average molecular weight is 443 g/mol. The summed E-state index contributed by atoms with van der Waals surface area (Å²) in [4.78, 5) is 24.3. The summed E-state index contributed by atoms with van der Waals surface area (Å²) in [5.41, 5.74) is 0.0504. The molecular formula is C20H27ClN2O5S. The second kappa shape index (κ2) is 9.91. The van der Waals surface area contributed by atoms with E-state index >= 15 is 0 Å². The zero-order valence-corrected chi connectivity index (χ0v) is 17.9. The highest BCUT2D eigenvalue weighted by molar-refractivity contribution is 7.89. The maximum Gasteiger partial charge on any atom is 0.338 e. The summed E-state index contributed by atoms with van der Waals surface area (Å²) in [7, 11) is -3.76. The molecular weight excluding hydrogens is 416 g/mol. The summed E-state index contributed by atoms with van der Waals surface area (Å²) in [6, 6.07) is 4.11. The smallest absolute Gasteiger partial charge is 0.338 e. The van der Waals surface area contributed by atoms with Crippen LogP contribution in [0, 0.1) is 0 Å². The topological polar surface area (TPSA) is 92.8 Å². The molecule has 1 aromatic rings. The SMILES string of the molecule is O=C(COC(=O)c1ccc(Cl)c(S(=O)(=O)N2CCCC2)c1)NC1CCCCCC1. The zero-order valence-electron chi connectivity index (χ0n) is 16.4. The number of esters is 1. The Bertz CT molecular complexity index is 844. The predicted molar refractivity (Wildman–Crippen MR) is 109 cm³/mol. The minimum absolute atomic E-state index is 0.0504. The Balaban J connectivity index is 1.61. The third-order valence-electron chi connectivity index (χ3n) is 5.40. The van der Waals surface area contributed by atoms with Crippen molar-refractivity contribution >= 4 is 33.5 Å². The van der Waals surface area contributed by atoms with E-state index in [1.165, 1.54) is 35.3 Å². The molecule has 0 atom stereocenters. The van der Waals surface area contributed by atoms with Crippen LogP contribution in [0.25, 0.3) is 0 Å². The van der Waals surface area contributed by atoms with Gasteiger partial charge >= 0.3 is 5.97 Å². The molecule has 1 saturated carbocycles. The number of sulfonamides is 1. The quantitative estimate of drug-likeness (QED) is 0.539. The molecule has 2 aliphatic rings. The second-order valence-electron chi connectivity index (χ2n) is 7.59. The third-order valence-corrected chi connectivity index (χ3v) is 7.78. The Kier molecular flexibility index (Phi) is 7.54. The van der Waals surface area contributed by atoms with Crippen molar-refractivity contribution in [3.63, 3.8) is 0 Å². The van der Waals surface area contributed by atoms with Crippen LogP contribution in [-0.2, 0) is 19.6 Å². The highest BCUT2D eigenvalue weighted by Gasteiger charge is 2.30. The van der Waals surface area contributed by atoms with E-state index in [9.17, 15) is 18.0 Å². The molecule has 2 fully saturated rings. The van der Waals surface area contributed by atoms with Gasteiger partial charge in [-0.1, -0.05) is 37.3 Å². The van der Waals surface area contributed by atoms with Crippen LogP contribution in [0.15, 0.2) is 23.1 Å². The number of benzene rings is 1. The van der Waals surface area contributed by atoms with Crippen molar-refractivity contribution in [2.24, 2.45) is 0 Å². The van der Waals surface area contributed by atoms with Crippen LogP contribution < -0.4 is 5.32 Å². The molecule has 3 rings (SSSR count). The molecule has 1 heterocycles. The van der Waals surface area contributed by atoms with Gasteiger partial charge in [0, 0.05) is 19.1 Å². The molecule has 1 aliphatic carbocycles. The van der Waals surface area contributed by atoms with Crippen molar-refractivity contribution in [3.05, 3.63) is 28.8 Å². The molecule has 29 heavy (non-hydrogen) atoms. The predicted octanol–water partition coefficient (Wildman–Crippen LogP) is 3.12. The summed E-state index contributed by atoms with van der Waals surface area (Å²) in [5.74, 6) is -1.10. The number of hydrogen-bond donors (Lipinski definition) is 1. The van der Waals surface area contributed by atoms with Crippen molar-refractivity contribution in [2.75, 3.05) is 19.7 Å². The molecule has 1 saturated heterocycles. The molecule has 160 valence electrons. The fourth-order valence-electron chi connectivity index (χ4n) is 3.80. The number of hydrogen-bond acceptors (Lipinski definition) is 5. The van der Waals surface area contributed by atoms with Crippen molar-refractivity contribution in [1.29, 1.82) is 0 Å². The Morgan fingerprint density at radius 2 is 1.72 bits per heavy atom. The van der Waals surface area contributed by atoms with Gasteiger partial charge in [0.2, 0.25) is 10.0 Å². The lowest BCUT2D eigenvalue weighted by molar-refractivity contribution is -0.125. The first kappa shape index (κ1) is 22.1. The number of carbonyl (C=O) groups excluding carboxylic acids is 2. The third kappa shape index (κ3) is 5.71. The molecule has 1 aliphatic heterocycles. The van der Waals surface area contributed by atoms with E-state index in [2.05, 4.69) is 5.32 Å². The largest absolute Gasteiger partial charge is 0.452 e. The lowest BCUT2D eigenvalue weighted by atomic mass is 10.1. The summed E-state index contributed by atoms with van der Waals surface area (Å²) in [5, 5.41) is 2.96. The van der Waals surface area contributed by atoms with Crippen molar-refractivity contribution in [3.8, 4) is 0 Å². The highest BCUT2D eigenvalue weighted by Crippen LogP contribution is 2.28. The van der Waals surface area contributed by atoms with Crippen LogP contribution in [-0.4, -0.2) is 50.3 Å². The van der Waals surface area contributed by atoms with E-state index in [1.807, 2.05) is 0 Å². The molecule has 0 bridgehead atoms. The van der Waals surface area contributed by atoms with E-state index in [-0.39, 0.29) is 27.4 Å². The van der Waals surface area contributed by atoms with Gasteiger partial charge in [0.05, 0.1) is 10.6 Å². The zero-order chi connectivity index (χ0) is 20.9. The molecule has 1 aromatic carbocycles. The van der Waals surface area contributed by atoms with Crippen LogP contribution in [0.3, 0.4) is 0 Å². The van der Waals surface area contributed by atoms with Gasteiger partial charge in [-0.3, -0.25) is 4.79 Å². The summed E-state index contributed by atoms with van der Waals surface area (Å²) < 4.78 is 32.0. The number of amides is 1. The summed E-state index contributed by atoms with van der Waals surface area (Å²) in [6.07, 6.45) is 8.02. The Morgan fingerprint density at radius 3 is 2.38 bits per heavy atom. The Morgan fingerprint density at radius 1 is 1.07 bits per heavy atom. The van der Waals surface area contributed by atoms with Gasteiger partial charge in [-0.15, -0.1) is 0 Å². The van der Waals surface area contributed by atoms with E-state index in [1.54, 1.807) is 0 Å². The number of rotatable bonds is 6. The van der Waals surface area contributed by atoms with E-state index in [0.29, 0.717) is 13.1 Å². The van der Waals surface area contributed by atoms with Crippen LogP contribution in [0.4, 0.5) is 0 Å². The fraction of sp³-hybridized carbons (Fsp3) is 0.600. The summed E-state index contributed by atoms with van der Waals surface area (Å²) >= 11 is 6.09. The van der Waals surface area contributed by atoms with E-state index < -0.39 is 22.6 Å². The van der Waals surface area contributed by atoms with Crippen LogP contribution in [0.1, 0.15) is 61.7 Å². The molecule has 7 nitrogen and oxygen atoms in total.